The van der Waals surface area contributed by atoms with Crippen LogP contribution in [-0.2, 0) is 9.53 Å². The van der Waals surface area contributed by atoms with Gasteiger partial charge in [0.25, 0.3) is 5.56 Å². The van der Waals surface area contributed by atoms with Crippen LogP contribution in [0, 0.1) is 0 Å². The van der Waals surface area contributed by atoms with Crippen LogP contribution < -0.4 is 19.6 Å². The number of hydrogen-bond donors (Lipinski definition) is 0. The molecular weight excluding hydrogens is 548 g/mol. The van der Waals surface area contributed by atoms with E-state index in [0.29, 0.717) is 26.4 Å². The molecule has 0 aliphatic carbocycles. The largest absolute Gasteiger partial charge is 0.496 e. The summed E-state index contributed by atoms with van der Waals surface area (Å²) < 4.78 is 14.3. The van der Waals surface area contributed by atoms with Crippen LogP contribution >= 0.6 is 38.6 Å². The molecule has 0 saturated heterocycles. The van der Waals surface area contributed by atoms with Gasteiger partial charge >= 0.3 is 5.97 Å². The predicted molar refractivity (Wildman–Crippen MR) is 143 cm³/mol. The van der Waals surface area contributed by atoms with E-state index >= 15 is 0 Å². The van der Waals surface area contributed by atoms with Crippen molar-refractivity contribution in [3.05, 3.63) is 93.7 Å². The third-order valence-corrected chi connectivity index (χ3v) is 8.36. The van der Waals surface area contributed by atoms with E-state index in [1.165, 1.54) is 22.7 Å². The number of nitrogens with zero attached hydrogens (tertiary/aromatic N) is 2. The summed E-state index contributed by atoms with van der Waals surface area (Å²) in [7, 11) is 1.59. The summed E-state index contributed by atoms with van der Waals surface area (Å²) in [6.45, 7) is 3.76. The highest BCUT2D eigenvalue weighted by molar-refractivity contribution is 9.11. The zero-order valence-electron chi connectivity index (χ0n) is 19.2. The molecule has 0 spiro atoms. The van der Waals surface area contributed by atoms with Crippen molar-refractivity contribution in [2.75, 3.05) is 13.7 Å². The highest BCUT2D eigenvalue weighted by atomic mass is 79.9. The zero-order chi connectivity index (χ0) is 24.7. The minimum Gasteiger partial charge on any atom is -0.496 e. The Morgan fingerprint density at radius 2 is 1.97 bits per heavy atom. The third-order valence-electron chi connectivity index (χ3n) is 5.81. The molecule has 0 saturated carbocycles. The normalized spacial score (nSPS) is 15.8. The van der Waals surface area contributed by atoms with Crippen LogP contribution in [0.15, 0.2) is 73.4 Å². The average Bonchev–Trinajstić information content (AvgIpc) is 3.39. The lowest BCUT2D eigenvalue weighted by Crippen LogP contribution is -2.40. The van der Waals surface area contributed by atoms with Gasteiger partial charge in [-0.3, -0.25) is 9.36 Å². The first-order valence-corrected chi connectivity index (χ1v) is 13.4. The lowest BCUT2D eigenvalue weighted by molar-refractivity contribution is -0.139. The van der Waals surface area contributed by atoms with Crippen LogP contribution in [0.5, 0.6) is 5.75 Å². The zero-order valence-corrected chi connectivity index (χ0v) is 22.4. The van der Waals surface area contributed by atoms with Crippen molar-refractivity contribution in [3.63, 3.8) is 0 Å². The van der Waals surface area contributed by atoms with Crippen LogP contribution in [0.3, 0.4) is 0 Å². The Morgan fingerprint density at radius 1 is 1.17 bits per heavy atom. The number of halogens is 1. The first kappa shape index (κ1) is 23.7. The number of allylic oxidation sites excluding steroid dienone is 1. The van der Waals surface area contributed by atoms with Crippen molar-refractivity contribution in [2.24, 2.45) is 4.99 Å². The summed E-state index contributed by atoms with van der Waals surface area (Å²) in [5.41, 5.74) is 1.37. The predicted octanol–water partition coefficient (Wildman–Crippen LogP) is 4.78. The summed E-state index contributed by atoms with van der Waals surface area (Å²) in [6.07, 6.45) is 1.86. The lowest BCUT2D eigenvalue weighted by Gasteiger charge is -2.27. The second-order valence-electron chi connectivity index (χ2n) is 7.85. The fourth-order valence-electron chi connectivity index (χ4n) is 4.34. The molecule has 5 rings (SSSR count). The van der Waals surface area contributed by atoms with Crippen molar-refractivity contribution >= 4 is 61.4 Å². The van der Waals surface area contributed by atoms with E-state index in [0.717, 1.165) is 25.0 Å². The van der Waals surface area contributed by atoms with E-state index in [1.54, 1.807) is 25.5 Å². The monoisotopic (exact) mass is 568 g/mol. The number of esters is 1. The number of benzene rings is 2. The van der Waals surface area contributed by atoms with E-state index in [4.69, 9.17) is 9.47 Å². The first-order chi connectivity index (χ1) is 16.9. The number of fused-ring (bicyclic) bond motifs is 2. The maximum Gasteiger partial charge on any atom is 0.338 e. The van der Waals surface area contributed by atoms with E-state index in [2.05, 4.69) is 20.9 Å². The average molecular weight is 570 g/mol. The number of hydrogen-bond acceptors (Lipinski definition) is 7. The van der Waals surface area contributed by atoms with Gasteiger partial charge in [0.1, 0.15) is 11.8 Å². The Kier molecular flexibility index (Phi) is 6.48. The lowest BCUT2D eigenvalue weighted by atomic mass is 9.90. The number of methoxy groups -OCH3 is 1. The van der Waals surface area contributed by atoms with Gasteiger partial charge in [-0.25, -0.2) is 9.79 Å². The van der Waals surface area contributed by atoms with Crippen LogP contribution in [-0.4, -0.2) is 24.3 Å². The highest BCUT2D eigenvalue weighted by Crippen LogP contribution is 2.40. The Bertz CT molecular complexity index is 1680. The van der Waals surface area contributed by atoms with Crippen LogP contribution in [0.1, 0.15) is 30.3 Å². The first-order valence-electron chi connectivity index (χ1n) is 10.9. The number of thiophene rings is 1. The molecule has 0 unspecified atom stereocenters. The molecule has 1 atom stereocenters. The fourth-order valence-corrected chi connectivity index (χ4v) is 6.81. The summed E-state index contributed by atoms with van der Waals surface area (Å²) in [6, 6.07) is 14.9. The molecule has 0 amide bonds. The van der Waals surface area contributed by atoms with Crippen molar-refractivity contribution in [3.8, 4) is 5.75 Å². The Labute approximate surface area is 217 Å². The third kappa shape index (κ3) is 4.17. The number of rotatable bonds is 5. The minimum absolute atomic E-state index is 0.215. The molecular formula is C26H21BrN2O4S2. The van der Waals surface area contributed by atoms with Crippen LogP contribution in [0.25, 0.3) is 16.8 Å². The van der Waals surface area contributed by atoms with Gasteiger partial charge in [0, 0.05) is 10.4 Å². The van der Waals surface area contributed by atoms with Gasteiger partial charge in [-0.05, 0) is 64.8 Å². The van der Waals surface area contributed by atoms with Gasteiger partial charge in [0.2, 0.25) is 0 Å². The molecule has 0 N–H and O–H groups in total. The second-order valence-corrected chi connectivity index (χ2v) is 11.4. The SMILES string of the molecule is CCOC(=O)C1=C(C)N=c2s/c(=C/c3ccc(Br)s3)c(=O)n2[C@@H]1c1c(OC)ccc2ccccc12. The van der Waals surface area contributed by atoms with Gasteiger partial charge < -0.3 is 9.47 Å². The number of ether oxygens (including phenoxy) is 2. The summed E-state index contributed by atoms with van der Waals surface area (Å²) in [5, 5.41) is 1.87. The van der Waals surface area contributed by atoms with Crippen molar-refractivity contribution in [2.45, 2.75) is 19.9 Å². The molecule has 35 heavy (non-hydrogen) atoms. The topological polar surface area (TPSA) is 69.9 Å². The molecule has 0 fully saturated rings. The molecule has 178 valence electrons. The quantitative estimate of drug-likeness (QED) is 0.325. The summed E-state index contributed by atoms with van der Waals surface area (Å²) >= 11 is 6.32. The molecule has 2 aromatic carbocycles. The molecule has 0 radical (unpaired) electrons. The molecule has 6 nitrogen and oxygen atoms in total. The molecule has 2 aromatic heterocycles. The van der Waals surface area contributed by atoms with Gasteiger partial charge in [-0.1, -0.05) is 41.7 Å². The number of carbonyl (C=O) groups excluding carboxylic acids is 1. The van der Waals surface area contributed by atoms with Gasteiger partial charge in [-0.15, -0.1) is 11.3 Å². The number of carbonyl (C=O) groups is 1. The maximum absolute atomic E-state index is 13.8. The molecule has 4 aromatic rings. The van der Waals surface area contributed by atoms with Gasteiger partial charge in [-0.2, -0.15) is 0 Å². The molecule has 1 aliphatic heterocycles. The van der Waals surface area contributed by atoms with Gasteiger partial charge in [0.05, 0.1) is 33.3 Å². The van der Waals surface area contributed by atoms with Crippen LogP contribution in [0.2, 0.25) is 0 Å². The van der Waals surface area contributed by atoms with E-state index in [9.17, 15) is 9.59 Å². The Hall–Kier alpha value is -3.01. The fraction of sp³-hybridized carbons (Fsp3) is 0.192. The van der Waals surface area contributed by atoms with Crippen LogP contribution in [0.4, 0.5) is 0 Å². The summed E-state index contributed by atoms with van der Waals surface area (Å²) in [4.78, 5) is 33.2. The maximum atomic E-state index is 13.8. The molecule has 9 heteroatoms. The van der Waals surface area contributed by atoms with E-state index in [-0.39, 0.29) is 12.2 Å². The summed E-state index contributed by atoms with van der Waals surface area (Å²) in [5.74, 6) is 0.0900. The second kappa shape index (κ2) is 9.56. The number of thiazole rings is 1. The highest BCUT2D eigenvalue weighted by Gasteiger charge is 2.36. The Balaban J connectivity index is 1.86. The smallest absolute Gasteiger partial charge is 0.338 e. The van der Waals surface area contributed by atoms with Gasteiger partial charge in [0.15, 0.2) is 4.80 Å². The number of aromatic nitrogens is 1. The molecule has 1 aliphatic rings. The van der Waals surface area contributed by atoms with Crippen molar-refractivity contribution < 1.29 is 14.3 Å². The minimum atomic E-state index is -0.747. The standard InChI is InChI=1S/C26H21BrN2O4S2/c1-4-33-25(31)21-14(2)28-26-29(24(30)19(35-26)13-16-10-12-20(27)34-16)23(21)22-17-8-6-5-7-15(17)9-11-18(22)32-3/h5-13,23H,4H2,1-3H3/b19-13+/t23-/m0/s1. The van der Waals surface area contributed by atoms with E-state index < -0.39 is 12.0 Å². The van der Waals surface area contributed by atoms with Crippen molar-refractivity contribution in [1.29, 1.82) is 0 Å². The molecule has 0 bridgehead atoms. The Morgan fingerprint density at radius 3 is 2.69 bits per heavy atom. The van der Waals surface area contributed by atoms with Crippen molar-refractivity contribution in [1.82, 2.24) is 4.57 Å². The molecule has 3 heterocycles. The van der Waals surface area contributed by atoms with E-state index in [1.807, 2.05) is 54.6 Å².